The molecule has 6 heteroatoms. The molecule has 4 aromatic carbocycles. The third kappa shape index (κ3) is 2.60. The number of fused-ring (bicyclic) bond motifs is 8. The second kappa shape index (κ2) is 8.12. The molecule has 4 heterocycles. The largest absolute Gasteiger partial charge is 0.325 e. The molecule has 2 saturated heterocycles. The quantitative estimate of drug-likeness (QED) is 0.349. The Balaban J connectivity index is 1.45. The average Bonchev–Trinajstić information content (AvgIpc) is 3.71. The van der Waals surface area contributed by atoms with Crippen molar-refractivity contribution in [2.75, 3.05) is 17.2 Å². The molecule has 4 aliphatic rings. The number of anilines is 2. The lowest BCUT2D eigenvalue weighted by molar-refractivity contribution is -0.137. The van der Waals surface area contributed by atoms with Gasteiger partial charge in [-0.05, 0) is 59.8 Å². The summed E-state index contributed by atoms with van der Waals surface area (Å²) < 4.78 is 0. The van der Waals surface area contributed by atoms with Gasteiger partial charge in [0.05, 0.1) is 5.92 Å². The van der Waals surface area contributed by atoms with E-state index in [9.17, 15) is 14.4 Å². The van der Waals surface area contributed by atoms with E-state index in [4.69, 9.17) is 0 Å². The number of nitrogens with one attached hydrogen (secondary N) is 2. The van der Waals surface area contributed by atoms with Gasteiger partial charge >= 0.3 is 0 Å². The van der Waals surface area contributed by atoms with Crippen molar-refractivity contribution in [1.29, 1.82) is 0 Å². The summed E-state index contributed by atoms with van der Waals surface area (Å²) in [4.78, 5) is 46.4. The Bertz CT molecular complexity index is 1780. The fourth-order valence-corrected chi connectivity index (χ4v) is 8.48. The molecule has 0 aliphatic carbocycles. The molecule has 0 bridgehead atoms. The van der Waals surface area contributed by atoms with Crippen molar-refractivity contribution in [3.05, 3.63) is 107 Å². The van der Waals surface area contributed by atoms with E-state index in [0.717, 1.165) is 52.4 Å². The van der Waals surface area contributed by atoms with Crippen molar-refractivity contribution in [2.24, 2.45) is 5.92 Å². The van der Waals surface area contributed by atoms with Crippen LogP contribution in [0.1, 0.15) is 46.8 Å². The minimum absolute atomic E-state index is 0.0840. The number of hydrogen-bond donors (Lipinski definition) is 2. The summed E-state index contributed by atoms with van der Waals surface area (Å²) in [6, 6.07) is 27.1. The predicted octanol–water partition coefficient (Wildman–Crippen LogP) is 5.42. The maximum absolute atomic E-state index is 14.9. The van der Waals surface area contributed by atoms with Gasteiger partial charge in [0, 0.05) is 28.5 Å². The summed E-state index contributed by atoms with van der Waals surface area (Å²) in [5, 5.41) is 8.37. The molecule has 8 rings (SSSR count). The van der Waals surface area contributed by atoms with E-state index in [-0.39, 0.29) is 23.6 Å². The van der Waals surface area contributed by atoms with Gasteiger partial charge in [0.1, 0.15) is 11.0 Å². The lowest BCUT2D eigenvalue weighted by Crippen LogP contribution is -2.62. The Labute approximate surface area is 232 Å². The first-order valence-electron chi connectivity index (χ1n) is 14.2. The Morgan fingerprint density at radius 1 is 0.875 bits per heavy atom. The van der Waals surface area contributed by atoms with Gasteiger partial charge in [-0.3, -0.25) is 19.3 Å². The van der Waals surface area contributed by atoms with Crippen molar-refractivity contribution in [2.45, 2.75) is 43.2 Å². The van der Waals surface area contributed by atoms with Gasteiger partial charge in [0.15, 0.2) is 5.78 Å². The normalized spacial score (nSPS) is 28.1. The van der Waals surface area contributed by atoms with Crippen LogP contribution in [0.3, 0.4) is 0 Å². The molecule has 0 saturated carbocycles. The molecule has 0 aromatic heterocycles. The molecular formula is C34H29N3O3. The van der Waals surface area contributed by atoms with Crippen LogP contribution in [-0.2, 0) is 27.0 Å². The highest BCUT2D eigenvalue weighted by molar-refractivity contribution is 6.21. The van der Waals surface area contributed by atoms with E-state index in [2.05, 4.69) is 22.5 Å². The number of benzene rings is 4. The van der Waals surface area contributed by atoms with Crippen LogP contribution in [0.4, 0.5) is 11.4 Å². The molecule has 0 radical (unpaired) electrons. The van der Waals surface area contributed by atoms with Crippen molar-refractivity contribution < 1.29 is 14.4 Å². The third-order valence-corrected chi connectivity index (χ3v) is 9.92. The van der Waals surface area contributed by atoms with Crippen LogP contribution < -0.4 is 10.6 Å². The van der Waals surface area contributed by atoms with Crippen LogP contribution in [0, 0.1) is 5.92 Å². The zero-order valence-electron chi connectivity index (χ0n) is 22.2. The fourth-order valence-electron chi connectivity index (χ4n) is 8.48. The summed E-state index contributed by atoms with van der Waals surface area (Å²) in [7, 11) is 0. The number of carbonyl (C=O) groups excluding carboxylic acids is 3. The van der Waals surface area contributed by atoms with Crippen LogP contribution >= 0.6 is 0 Å². The molecule has 2 amide bonds. The number of amides is 2. The van der Waals surface area contributed by atoms with E-state index in [1.165, 1.54) is 0 Å². The van der Waals surface area contributed by atoms with Crippen LogP contribution in [0.2, 0.25) is 0 Å². The third-order valence-electron chi connectivity index (χ3n) is 9.92. The zero-order chi connectivity index (χ0) is 27.2. The molecule has 40 heavy (non-hydrogen) atoms. The number of Topliss-reactive ketones (excluding diaryl/α,β-unsaturated/α-hetero) is 1. The highest BCUT2D eigenvalue weighted by Crippen LogP contribution is 2.68. The lowest BCUT2D eigenvalue weighted by atomic mass is 9.57. The first-order valence-corrected chi connectivity index (χ1v) is 14.2. The predicted molar refractivity (Wildman–Crippen MR) is 154 cm³/mol. The minimum atomic E-state index is -1.42. The monoisotopic (exact) mass is 527 g/mol. The Kier molecular flexibility index (Phi) is 4.79. The van der Waals surface area contributed by atoms with Crippen LogP contribution in [-0.4, -0.2) is 35.1 Å². The number of carbonyl (C=O) groups is 3. The van der Waals surface area contributed by atoms with Gasteiger partial charge in [0.2, 0.25) is 5.91 Å². The molecule has 4 aromatic rings. The molecular weight excluding hydrogens is 498 g/mol. The van der Waals surface area contributed by atoms with Gasteiger partial charge in [-0.1, -0.05) is 79.7 Å². The summed E-state index contributed by atoms with van der Waals surface area (Å²) in [6.45, 7) is 2.71. The summed E-state index contributed by atoms with van der Waals surface area (Å²) in [6.07, 6.45) is 2.36. The van der Waals surface area contributed by atoms with E-state index < -0.39 is 16.9 Å². The molecule has 6 nitrogen and oxygen atoms in total. The summed E-state index contributed by atoms with van der Waals surface area (Å²) in [5.74, 6) is -1.30. The maximum atomic E-state index is 14.9. The van der Waals surface area contributed by atoms with Gasteiger partial charge in [-0.15, -0.1) is 0 Å². The topological polar surface area (TPSA) is 78.5 Å². The van der Waals surface area contributed by atoms with E-state index in [1.807, 2.05) is 84.9 Å². The van der Waals surface area contributed by atoms with Crippen LogP contribution in [0.5, 0.6) is 0 Å². The van der Waals surface area contributed by atoms with Crippen molar-refractivity contribution in [3.8, 4) is 0 Å². The Morgan fingerprint density at radius 3 is 2.50 bits per heavy atom. The first kappa shape index (κ1) is 23.6. The van der Waals surface area contributed by atoms with E-state index in [1.54, 1.807) is 0 Å². The second-order valence-corrected chi connectivity index (χ2v) is 11.5. The summed E-state index contributed by atoms with van der Waals surface area (Å²) >= 11 is 0. The van der Waals surface area contributed by atoms with Crippen LogP contribution in [0.25, 0.3) is 10.8 Å². The SMILES string of the molecule is CCc1cccc2c1NC(=O)[C@@]21N2CCC[C@@H]2[C@@H](C(=O)c2ccc3ccccc3c2)[C@@]12C(=O)Nc1ccccc12. The first-order chi connectivity index (χ1) is 19.5. The number of hydrogen-bond acceptors (Lipinski definition) is 4. The van der Waals surface area contributed by atoms with E-state index >= 15 is 0 Å². The lowest BCUT2D eigenvalue weighted by Gasteiger charge is -2.43. The molecule has 198 valence electrons. The summed E-state index contributed by atoms with van der Waals surface area (Å²) in [5.41, 5.74) is 1.87. The number of nitrogens with zero attached hydrogens (tertiary/aromatic N) is 1. The van der Waals surface area contributed by atoms with Crippen LogP contribution in [0.15, 0.2) is 84.9 Å². The van der Waals surface area contributed by atoms with Crippen molar-refractivity contribution in [3.63, 3.8) is 0 Å². The second-order valence-electron chi connectivity index (χ2n) is 11.5. The smallest absolute Gasteiger partial charge is 0.251 e. The molecule has 4 atom stereocenters. The van der Waals surface area contributed by atoms with Crippen molar-refractivity contribution in [1.82, 2.24) is 4.90 Å². The number of aryl methyl sites for hydroxylation is 1. The van der Waals surface area contributed by atoms with Gasteiger partial charge in [-0.25, -0.2) is 0 Å². The standard InChI is InChI=1S/C34H29N3O3/c1-2-20-11-7-13-25-29(20)36-32(40)34(25)33(24-12-5-6-14-26(24)35-31(33)39)28(27-15-8-18-37(27)34)30(38)23-17-16-21-9-3-4-10-22(21)19-23/h3-7,9-14,16-17,19,27-28H,2,8,15,18H2,1H3,(H,35,39)(H,36,40)/t27-,28+,33+,34+/m1/s1. The highest BCUT2D eigenvalue weighted by Gasteiger charge is 2.81. The maximum Gasteiger partial charge on any atom is 0.251 e. The molecule has 2 spiro atoms. The number of ketones is 1. The Morgan fingerprint density at radius 2 is 1.65 bits per heavy atom. The Hall–Kier alpha value is -4.29. The molecule has 4 aliphatic heterocycles. The highest BCUT2D eigenvalue weighted by atomic mass is 16.2. The molecule has 2 fully saturated rings. The fraction of sp³-hybridized carbons (Fsp3) is 0.265. The number of para-hydroxylation sites is 2. The van der Waals surface area contributed by atoms with Gasteiger partial charge < -0.3 is 10.6 Å². The van der Waals surface area contributed by atoms with Gasteiger partial charge in [-0.2, -0.15) is 0 Å². The molecule has 2 N–H and O–H groups in total. The minimum Gasteiger partial charge on any atom is -0.325 e. The van der Waals surface area contributed by atoms with Crippen molar-refractivity contribution >= 4 is 39.7 Å². The number of rotatable bonds is 3. The molecule has 0 unspecified atom stereocenters. The zero-order valence-corrected chi connectivity index (χ0v) is 22.2. The van der Waals surface area contributed by atoms with Gasteiger partial charge in [0.25, 0.3) is 5.91 Å². The average molecular weight is 528 g/mol. The van der Waals surface area contributed by atoms with E-state index in [0.29, 0.717) is 17.8 Å².